The smallest absolute Gasteiger partial charge is 0.233 e. The number of nitrogens with one attached hydrogen (secondary N) is 1. The van der Waals surface area contributed by atoms with Crippen molar-refractivity contribution in [1.29, 1.82) is 0 Å². The first kappa shape index (κ1) is 18.3. The van der Waals surface area contributed by atoms with Gasteiger partial charge in [-0.2, -0.15) is 0 Å². The van der Waals surface area contributed by atoms with Crippen LogP contribution in [0.15, 0.2) is 29.2 Å². The van der Waals surface area contributed by atoms with Gasteiger partial charge >= 0.3 is 0 Å². The van der Waals surface area contributed by atoms with E-state index in [4.69, 9.17) is 16.7 Å². The second-order valence-electron chi connectivity index (χ2n) is 5.92. The molecule has 0 fully saturated rings. The minimum Gasteiger partial charge on any atom is -0.396 e. The number of hydrogen-bond donors (Lipinski definition) is 2. The second kappa shape index (κ2) is 8.66. The van der Waals surface area contributed by atoms with E-state index in [1.54, 1.807) is 0 Å². The highest BCUT2D eigenvalue weighted by atomic mass is 35.5. The Morgan fingerprint density at radius 3 is 2.57 bits per heavy atom. The number of amides is 1. The molecule has 1 aromatic rings. The van der Waals surface area contributed by atoms with Gasteiger partial charge in [0, 0.05) is 23.1 Å². The average molecular weight is 330 g/mol. The lowest BCUT2D eigenvalue weighted by atomic mass is 9.88. The number of thioether (sulfide) groups is 1. The fraction of sp³-hybridized carbons (Fsp3) is 0.562. The quantitative estimate of drug-likeness (QED) is 0.714. The van der Waals surface area contributed by atoms with E-state index in [9.17, 15) is 4.79 Å². The second-order valence-corrected chi connectivity index (χ2v) is 7.77. The van der Waals surface area contributed by atoms with Gasteiger partial charge < -0.3 is 10.4 Å². The summed E-state index contributed by atoms with van der Waals surface area (Å²) in [5.41, 5.74) is 0.00302. The number of carbonyl (C=O) groups is 1. The van der Waals surface area contributed by atoms with Crippen LogP contribution in [0.4, 0.5) is 0 Å². The Bertz CT molecular complexity index is 448. The molecule has 0 aliphatic rings. The average Bonchev–Trinajstić information content (AvgIpc) is 2.45. The van der Waals surface area contributed by atoms with Crippen LogP contribution in [0.2, 0.25) is 5.02 Å². The molecule has 1 atom stereocenters. The lowest BCUT2D eigenvalue weighted by Crippen LogP contribution is -2.38. The van der Waals surface area contributed by atoms with E-state index in [1.165, 1.54) is 11.8 Å². The van der Waals surface area contributed by atoms with Crippen molar-refractivity contribution in [3.05, 3.63) is 29.3 Å². The number of aliphatic hydroxyl groups is 1. The molecular formula is C16H24ClNO2S. The lowest BCUT2D eigenvalue weighted by Gasteiger charge is -2.25. The Morgan fingerprint density at radius 1 is 1.38 bits per heavy atom. The van der Waals surface area contributed by atoms with Crippen molar-refractivity contribution < 1.29 is 9.90 Å². The monoisotopic (exact) mass is 329 g/mol. The number of rotatable bonds is 8. The minimum atomic E-state index is -0.153. The van der Waals surface area contributed by atoms with Gasteiger partial charge in [0.05, 0.1) is 5.25 Å². The summed E-state index contributed by atoms with van der Waals surface area (Å²) in [5.74, 6) is 0.0343. The van der Waals surface area contributed by atoms with Gasteiger partial charge in [0.25, 0.3) is 0 Å². The van der Waals surface area contributed by atoms with Crippen molar-refractivity contribution >= 4 is 29.3 Å². The third-order valence-corrected chi connectivity index (χ3v) is 4.61. The molecule has 5 heteroatoms. The molecular weight excluding hydrogens is 306 g/mol. The van der Waals surface area contributed by atoms with E-state index in [0.717, 1.165) is 17.7 Å². The van der Waals surface area contributed by atoms with Crippen molar-refractivity contribution in [2.24, 2.45) is 5.41 Å². The summed E-state index contributed by atoms with van der Waals surface area (Å²) in [6, 6.07) is 7.49. The van der Waals surface area contributed by atoms with Crippen LogP contribution < -0.4 is 5.32 Å². The number of aliphatic hydroxyl groups excluding tert-OH is 1. The van der Waals surface area contributed by atoms with Gasteiger partial charge in [-0.25, -0.2) is 0 Å². The summed E-state index contributed by atoms with van der Waals surface area (Å²) in [6.45, 7) is 6.91. The third kappa shape index (κ3) is 7.21. The Labute approximate surface area is 136 Å². The molecule has 0 spiro atoms. The van der Waals surface area contributed by atoms with E-state index < -0.39 is 0 Å². The molecule has 118 valence electrons. The summed E-state index contributed by atoms with van der Waals surface area (Å²) >= 11 is 7.36. The van der Waals surface area contributed by atoms with Gasteiger partial charge in [0.2, 0.25) is 5.91 Å². The standard InChI is InChI=1S/C16H24ClNO2S/c1-12(21-14-7-5-13(17)6-8-14)15(20)18-11-16(2,3)9-4-10-19/h5-8,12,19H,4,9-11H2,1-3H3,(H,18,20). The Kier molecular flexibility index (Phi) is 7.57. The van der Waals surface area contributed by atoms with Gasteiger partial charge in [0.15, 0.2) is 0 Å². The van der Waals surface area contributed by atoms with E-state index in [0.29, 0.717) is 11.6 Å². The third-order valence-electron chi connectivity index (χ3n) is 3.25. The predicted octanol–water partition coefficient (Wildman–Crippen LogP) is 3.74. The zero-order chi connectivity index (χ0) is 15.9. The highest BCUT2D eigenvalue weighted by Crippen LogP contribution is 2.25. The summed E-state index contributed by atoms with van der Waals surface area (Å²) in [7, 11) is 0. The Hall–Kier alpha value is -0.710. The molecule has 3 nitrogen and oxygen atoms in total. The van der Waals surface area contributed by atoms with Gasteiger partial charge in [-0.3, -0.25) is 4.79 Å². The first-order chi connectivity index (χ1) is 9.84. The maximum Gasteiger partial charge on any atom is 0.233 e. The molecule has 0 heterocycles. The molecule has 0 aromatic heterocycles. The normalized spacial score (nSPS) is 13.0. The molecule has 0 saturated heterocycles. The molecule has 1 unspecified atom stereocenters. The molecule has 0 bridgehead atoms. The van der Waals surface area contributed by atoms with Crippen molar-refractivity contribution in [1.82, 2.24) is 5.32 Å². The summed E-state index contributed by atoms with van der Waals surface area (Å²) in [4.78, 5) is 13.2. The zero-order valence-corrected chi connectivity index (χ0v) is 14.4. The van der Waals surface area contributed by atoms with E-state index in [-0.39, 0.29) is 23.2 Å². The van der Waals surface area contributed by atoms with Crippen molar-refractivity contribution in [3.8, 4) is 0 Å². The zero-order valence-electron chi connectivity index (χ0n) is 12.9. The fourth-order valence-corrected chi connectivity index (χ4v) is 2.90. The topological polar surface area (TPSA) is 49.3 Å². The molecule has 1 amide bonds. The number of halogens is 1. The highest BCUT2D eigenvalue weighted by Gasteiger charge is 2.21. The van der Waals surface area contributed by atoms with Gasteiger partial charge in [0.1, 0.15) is 0 Å². The Morgan fingerprint density at radius 2 is 2.00 bits per heavy atom. The van der Waals surface area contributed by atoms with Crippen molar-refractivity contribution in [2.45, 2.75) is 43.8 Å². The molecule has 0 aliphatic heterocycles. The molecule has 0 saturated carbocycles. The maximum absolute atomic E-state index is 12.1. The van der Waals surface area contributed by atoms with Crippen LogP contribution in [0.5, 0.6) is 0 Å². The fourth-order valence-electron chi connectivity index (χ4n) is 1.89. The molecule has 1 rings (SSSR count). The largest absolute Gasteiger partial charge is 0.396 e. The first-order valence-electron chi connectivity index (χ1n) is 7.15. The molecule has 21 heavy (non-hydrogen) atoms. The van der Waals surface area contributed by atoms with Crippen LogP contribution in [0.25, 0.3) is 0 Å². The van der Waals surface area contributed by atoms with Crippen molar-refractivity contribution in [3.63, 3.8) is 0 Å². The molecule has 1 aromatic carbocycles. The first-order valence-corrected chi connectivity index (χ1v) is 8.40. The molecule has 2 N–H and O–H groups in total. The van der Waals surface area contributed by atoms with Crippen LogP contribution in [0.1, 0.15) is 33.6 Å². The van der Waals surface area contributed by atoms with Crippen LogP contribution in [-0.4, -0.2) is 29.4 Å². The number of hydrogen-bond acceptors (Lipinski definition) is 3. The Balaban J connectivity index is 2.42. The predicted molar refractivity (Wildman–Crippen MR) is 89.9 cm³/mol. The van der Waals surface area contributed by atoms with Crippen LogP contribution in [-0.2, 0) is 4.79 Å². The van der Waals surface area contributed by atoms with E-state index >= 15 is 0 Å². The van der Waals surface area contributed by atoms with Crippen LogP contribution in [0, 0.1) is 5.41 Å². The van der Waals surface area contributed by atoms with Crippen LogP contribution in [0.3, 0.4) is 0 Å². The SMILES string of the molecule is CC(Sc1ccc(Cl)cc1)C(=O)NCC(C)(C)CCCO. The highest BCUT2D eigenvalue weighted by molar-refractivity contribution is 8.00. The van der Waals surface area contributed by atoms with E-state index in [2.05, 4.69) is 19.2 Å². The van der Waals surface area contributed by atoms with Gasteiger partial charge in [-0.1, -0.05) is 25.4 Å². The van der Waals surface area contributed by atoms with Gasteiger partial charge in [-0.15, -0.1) is 11.8 Å². The number of benzene rings is 1. The van der Waals surface area contributed by atoms with E-state index in [1.807, 2.05) is 31.2 Å². The maximum atomic E-state index is 12.1. The van der Waals surface area contributed by atoms with Gasteiger partial charge in [-0.05, 0) is 49.4 Å². The summed E-state index contributed by atoms with van der Waals surface area (Å²) < 4.78 is 0. The number of carbonyl (C=O) groups excluding carboxylic acids is 1. The minimum absolute atomic E-state index is 0.00302. The summed E-state index contributed by atoms with van der Waals surface area (Å²) in [5, 5.41) is 12.4. The summed E-state index contributed by atoms with van der Waals surface area (Å²) in [6.07, 6.45) is 1.65. The molecule has 0 aliphatic carbocycles. The molecule has 0 radical (unpaired) electrons. The van der Waals surface area contributed by atoms with Crippen molar-refractivity contribution in [2.75, 3.05) is 13.2 Å². The lowest BCUT2D eigenvalue weighted by molar-refractivity contribution is -0.120. The van der Waals surface area contributed by atoms with Crippen LogP contribution >= 0.6 is 23.4 Å².